The Balaban J connectivity index is 2.09. The highest BCUT2D eigenvalue weighted by molar-refractivity contribution is 6.00. The molecule has 0 radical (unpaired) electrons. The fraction of sp³-hybridized carbons (Fsp3) is 0.200. The third kappa shape index (κ3) is 2.31. The van der Waals surface area contributed by atoms with Crippen molar-refractivity contribution in [1.29, 1.82) is 0 Å². The van der Waals surface area contributed by atoms with Crippen LogP contribution < -0.4 is 4.74 Å². The van der Waals surface area contributed by atoms with Crippen LogP contribution in [-0.2, 0) is 10.3 Å². The summed E-state index contributed by atoms with van der Waals surface area (Å²) in [5.74, 6) is 0.289. The quantitative estimate of drug-likeness (QED) is 0.715. The molecule has 0 bridgehead atoms. The van der Waals surface area contributed by atoms with Gasteiger partial charge in [0.2, 0.25) is 0 Å². The van der Waals surface area contributed by atoms with Gasteiger partial charge in [-0.1, -0.05) is 30.3 Å². The SMILES string of the molecule is COC(=O)c1[nH]c2c(c1-c1ccccc1)C(C)(C)Oc1cnccc1-2. The lowest BCUT2D eigenvalue weighted by Crippen LogP contribution is -2.29. The highest BCUT2D eigenvalue weighted by atomic mass is 16.5. The minimum Gasteiger partial charge on any atom is -0.481 e. The Labute approximate surface area is 145 Å². The van der Waals surface area contributed by atoms with Gasteiger partial charge in [-0.2, -0.15) is 0 Å². The van der Waals surface area contributed by atoms with Crippen molar-refractivity contribution in [2.75, 3.05) is 7.11 Å². The lowest BCUT2D eigenvalue weighted by Gasteiger charge is -2.33. The number of carbonyl (C=O) groups excluding carboxylic acids is 1. The number of pyridine rings is 1. The summed E-state index contributed by atoms with van der Waals surface area (Å²) >= 11 is 0. The molecule has 3 heterocycles. The predicted octanol–water partition coefficient (Wildman–Crippen LogP) is 4.16. The molecular formula is C20H18N2O3. The van der Waals surface area contributed by atoms with Gasteiger partial charge in [0.1, 0.15) is 17.0 Å². The highest BCUT2D eigenvalue weighted by Gasteiger charge is 2.39. The molecule has 0 spiro atoms. The Morgan fingerprint density at radius 3 is 2.68 bits per heavy atom. The summed E-state index contributed by atoms with van der Waals surface area (Å²) in [6.07, 6.45) is 3.41. The number of rotatable bonds is 2. The Kier molecular flexibility index (Phi) is 3.39. The number of esters is 1. The Morgan fingerprint density at radius 1 is 1.20 bits per heavy atom. The largest absolute Gasteiger partial charge is 0.481 e. The molecule has 0 saturated carbocycles. The van der Waals surface area contributed by atoms with Crippen molar-refractivity contribution >= 4 is 5.97 Å². The molecule has 3 aromatic rings. The fourth-order valence-corrected chi connectivity index (χ4v) is 3.45. The number of ether oxygens (including phenoxy) is 2. The average molecular weight is 334 g/mol. The molecule has 0 atom stereocenters. The number of nitrogens with zero attached hydrogens (tertiary/aromatic N) is 1. The van der Waals surface area contributed by atoms with Gasteiger partial charge in [0.25, 0.3) is 0 Å². The molecular weight excluding hydrogens is 316 g/mol. The summed E-state index contributed by atoms with van der Waals surface area (Å²) in [6.45, 7) is 3.98. The maximum atomic E-state index is 12.4. The van der Waals surface area contributed by atoms with E-state index in [2.05, 4.69) is 9.97 Å². The van der Waals surface area contributed by atoms with E-state index in [1.807, 2.05) is 50.2 Å². The Hall–Kier alpha value is -3.08. The van der Waals surface area contributed by atoms with E-state index < -0.39 is 11.6 Å². The van der Waals surface area contributed by atoms with Gasteiger partial charge in [-0.15, -0.1) is 0 Å². The van der Waals surface area contributed by atoms with Crippen LogP contribution in [0.25, 0.3) is 22.4 Å². The van der Waals surface area contributed by atoms with Gasteiger partial charge in [-0.05, 0) is 25.5 Å². The second-order valence-electron chi connectivity index (χ2n) is 6.47. The molecule has 126 valence electrons. The van der Waals surface area contributed by atoms with Crippen LogP contribution in [-0.4, -0.2) is 23.0 Å². The first kappa shape index (κ1) is 15.4. The molecule has 1 aromatic carbocycles. The number of methoxy groups -OCH3 is 1. The van der Waals surface area contributed by atoms with Crippen LogP contribution in [0.1, 0.15) is 29.9 Å². The molecule has 5 heteroatoms. The molecule has 1 aliphatic rings. The normalized spacial score (nSPS) is 14.2. The number of nitrogens with one attached hydrogen (secondary N) is 1. The first-order chi connectivity index (χ1) is 12.0. The lowest BCUT2D eigenvalue weighted by molar-refractivity contribution is 0.0596. The van der Waals surface area contributed by atoms with E-state index in [1.54, 1.807) is 12.4 Å². The van der Waals surface area contributed by atoms with Crippen LogP contribution in [0, 0.1) is 0 Å². The van der Waals surface area contributed by atoms with Crippen LogP contribution in [0.5, 0.6) is 5.75 Å². The number of benzene rings is 1. The summed E-state index contributed by atoms with van der Waals surface area (Å²) in [4.78, 5) is 19.9. The van der Waals surface area contributed by atoms with Crippen molar-refractivity contribution < 1.29 is 14.3 Å². The first-order valence-corrected chi connectivity index (χ1v) is 8.06. The van der Waals surface area contributed by atoms with Crippen molar-refractivity contribution in [3.05, 3.63) is 60.0 Å². The number of hydrogen-bond donors (Lipinski definition) is 1. The van der Waals surface area contributed by atoms with E-state index in [4.69, 9.17) is 9.47 Å². The molecule has 5 nitrogen and oxygen atoms in total. The summed E-state index contributed by atoms with van der Waals surface area (Å²) in [5, 5.41) is 0. The van der Waals surface area contributed by atoms with Gasteiger partial charge < -0.3 is 14.5 Å². The van der Waals surface area contributed by atoms with Crippen LogP contribution in [0.2, 0.25) is 0 Å². The van der Waals surface area contributed by atoms with E-state index in [9.17, 15) is 4.79 Å². The summed E-state index contributed by atoms with van der Waals surface area (Å²) in [7, 11) is 1.39. The lowest BCUT2D eigenvalue weighted by atomic mass is 9.86. The Morgan fingerprint density at radius 2 is 1.96 bits per heavy atom. The number of aromatic amines is 1. The minimum absolute atomic E-state index is 0.403. The maximum absolute atomic E-state index is 12.4. The van der Waals surface area contributed by atoms with E-state index >= 15 is 0 Å². The van der Waals surface area contributed by atoms with Crippen molar-refractivity contribution in [1.82, 2.24) is 9.97 Å². The molecule has 1 N–H and O–H groups in total. The zero-order valence-electron chi connectivity index (χ0n) is 14.3. The van der Waals surface area contributed by atoms with E-state index in [1.165, 1.54) is 7.11 Å². The zero-order chi connectivity index (χ0) is 17.6. The average Bonchev–Trinajstić information content (AvgIpc) is 3.03. The molecule has 1 aliphatic heterocycles. The molecule has 0 aliphatic carbocycles. The summed E-state index contributed by atoms with van der Waals surface area (Å²) in [6, 6.07) is 11.7. The van der Waals surface area contributed by atoms with Crippen LogP contribution in [0.4, 0.5) is 0 Å². The van der Waals surface area contributed by atoms with Crippen LogP contribution >= 0.6 is 0 Å². The third-order valence-electron chi connectivity index (χ3n) is 4.47. The number of aromatic nitrogens is 2. The van der Waals surface area contributed by atoms with Gasteiger partial charge in [0, 0.05) is 22.9 Å². The van der Waals surface area contributed by atoms with Crippen molar-refractivity contribution in [2.45, 2.75) is 19.4 Å². The van der Waals surface area contributed by atoms with Gasteiger partial charge >= 0.3 is 5.97 Å². The zero-order valence-corrected chi connectivity index (χ0v) is 14.3. The fourth-order valence-electron chi connectivity index (χ4n) is 3.45. The minimum atomic E-state index is -0.626. The van der Waals surface area contributed by atoms with E-state index in [0.717, 1.165) is 27.9 Å². The van der Waals surface area contributed by atoms with Crippen LogP contribution in [0.15, 0.2) is 48.8 Å². The molecule has 25 heavy (non-hydrogen) atoms. The highest BCUT2D eigenvalue weighted by Crippen LogP contribution is 2.49. The van der Waals surface area contributed by atoms with Crippen molar-refractivity contribution in [3.8, 4) is 28.1 Å². The number of carbonyl (C=O) groups is 1. The van der Waals surface area contributed by atoms with Gasteiger partial charge in [-0.3, -0.25) is 4.98 Å². The molecule has 0 saturated heterocycles. The van der Waals surface area contributed by atoms with Gasteiger partial charge in [-0.25, -0.2) is 4.79 Å². The Bertz CT molecular complexity index is 958. The molecule has 0 fully saturated rings. The number of hydrogen-bond acceptors (Lipinski definition) is 4. The molecule has 4 rings (SSSR count). The van der Waals surface area contributed by atoms with Gasteiger partial charge in [0.05, 0.1) is 19.0 Å². The van der Waals surface area contributed by atoms with E-state index in [-0.39, 0.29) is 0 Å². The monoisotopic (exact) mass is 334 g/mol. The van der Waals surface area contributed by atoms with Crippen molar-refractivity contribution in [2.24, 2.45) is 0 Å². The third-order valence-corrected chi connectivity index (χ3v) is 4.47. The smallest absolute Gasteiger partial charge is 0.355 e. The molecule has 2 aromatic heterocycles. The van der Waals surface area contributed by atoms with E-state index in [0.29, 0.717) is 11.4 Å². The predicted molar refractivity (Wildman–Crippen MR) is 94.5 cm³/mol. The standard InChI is InChI=1S/C20H18N2O3/c1-20(2)16-15(12-7-5-4-6-8-12)18(19(23)24-3)22-17(16)13-9-10-21-11-14(13)25-20/h4-11,22H,1-3H3. The number of H-pyrrole nitrogens is 1. The second kappa shape index (κ2) is 5.48. The maximum Gasteiger partial charge on any atom is 0.355 e. The summed E-state index contributed by atoms with van der Waals surface area (Å²) < 4.78 is 11.2. The van der Waals surface area contributed by atoms with Gasteiger partial charge in [0.15, 0.2) is 0 Å². The van der Waals surface area contributed by atoms with Crippen molar-refractivity contribution in [3.63, 3.8) is 0 Å². The summed E-state index contributed by atoms with van der Waals surface area (Å²) in [5.41, 5.74) is 4.26. The molecule has 0 unspecified atom stereocenters. The van der Waals surface area contributed by atoms with Crippen LogP contribution in [0.3, 0.4) is 0 Å². The topological polar surface area (TPSA) is 64.2 Å². The molecule has 0 amide bonds. The number of fused-ring (bicyclic) bond motifs is 3. The second-order valence-corrected chi connectivity index (χ2v) is 6.47. The first-order valence-electron chi connectivity index (χ1n) is 8.06.